The molecule has 0 aliphatic heterocycles. The fourth-order valence-corrected chi connectivity index (χ4v) is 11.1. The molecular weight excluding hydrogens is 574 g/mol. The standard InChI is InChI=1S/3C6H5.CHF3O3S.Bi/c3*1-2-4-6-5-3-1;2-1(3,4)8(5,6)7;/h3*1-5H;(H,5,6,7);. The van der Waals surface area contributed by atoms with E-state index in [1.807, 2.05) is 0 Å². The van der Waals surface area contributed by atoms with Gasteiger partial charge in [0.25, 0.3) is 0 Å². The first-order valence-corrected chi connectivity index (χ1v) is 14.3. The second kappa shape index (κ2) is 9.44. The summed E-state index contributed by atoms with van der Waals surface area (Å²) in [6.07, 6.45) is 0. The fourth-order valence-electron chi connectivity index (χ4n) is 2.18. The van der Waals surface area contributed by atoms with Crippen molar-refractivity contribution in [3.05, 3.63) is 91.0 Å². The van der Waals surface area contributed by atoms with Gasteiger partial charge in [-0.1, -0.05) is 0 Å². The summed E-state index contributed by atoms with van der Waals surface area (Å²) in [6, 6.07) is 33.0. The summed E-state index contributed by atoms with van der Waals surface area (Å²) in [4.78, 5) is 0. The van der Waals surface area contributed by atoms with Crippen LogP contribution in [0.15, 0.2) is 91.0 Å². The predicted octanol–water partition coefficient (Wildman–Crippen LogP) is 2.60. The fraction of sp³-hybridized carbons (Fsp3) is 0.0526. The van der Waals surface area contributed by atoms with E-state index in [1.165, 1.54) is 9.81 Å². The van der Waals surface area contributed by atoms with Crippen LogP contribution in [0.2, 0.25) is 0 Å². The van der Waals surface area contributed by atoms with Gasteiger partial charge < -0.3 is 0 Å². The molecular formula is C19H16BiF3O3S. The van der Waals surface area contributed by atoms with Crippen molar-refractivity contribution >= 4 is 41.7 Å². The van der Waals surface area contributed by atoms with Crippen LogP contribution in [-0.4, -0.2) is 40.2 Å². The second-order valence-electron chi connectivity index (χ2n) is 5.26. The van der Waals surface area contributed by atoms with Crippen LogP contribution in [0, 0.1) is 0 Å². The molecule has 1 N–H and O–H groups in total. The Morgan fingerprint density at radius 1 is 0.630 bits per heavy atom. The summed E-state index contributed by atoms with van der Waals surface area (Å²) < 4.78 is 62.2. The van der Waals surface area contributed by atoms with Crippen molar-refractivity contribution in [2.75, 3.05) is 0 Å². The molecule has 0 bridgehead atoms. The Kier molecular flexibility index (Phi) is 7.53. The molecule has 0 spiro atoms. The van der Waals surface area contributed by atoms with Crippen LogP contribution >= 0.6 is 0 Å². The zero-order valence-corrected chi connectivity index (χ0v) is 18.2. The third-order valence-corrected chi connectivity index (χ3v) is 13.4. The molecule has 3 aromatic rings. The van der Waals surface area contributed by atoms with Crippen molar-refractivity contribution in [3.63, 3.8) is 0 Å². The van der Waals surface area contributed by atoms with E-state index in [0.29, 0.717) is 0 Å². The summed E-state index contributed by atoms with van der Waals surface area (Å²) in [6.45, 7) is 0. The van der Waals surface area contributed by atoms with Crippen molar-refractivity contribution in [3.8, 4) is 0 Å². The zero-order valence-electron chi connectivity index (χ0n) is 13.9. The molecule has 0 saturated carbocycles. The molecule has 8 heteroatoms. The average molecular weight is 590 g/mol. The first kappa shape index (κ1) is 21.5. The second-order valence-corrected chi connectivity index (χ2v) is 15.3. The van der Waals surface area contributed by atoms with E-state index in [9.17, 15) is 13.2 Å². The van der Waals surface area contributed by atoms with E-state index in [2.05, 4.69) is 91.0 Å². The molecule has 0 radical (unpaired) electrons. The number of alkyl halides is 3. The Labute approximate surface area is 163 Å². The molecule has 0 fully saturated rings. The first-order chi connectivity index (χ1) is 12.7. The van der Waals surface area contributed by atoms with E-state index in [-0.39, 0.29) is 0 Å². The van der Waals surface area contributed by atoms with Gasteiger partial charge >= 0.3 is 138 Å². The van der Waals surface area contributed by atoms with Crippen LogP contribution in [0.3, 0.4) is 0 Å². The minimum absolute atomic E-state index is 1.54. The minimum atomic E-state index is -5.84. The molecule has 0 atom stereocenters. The molecule has 0 saturated heterocycles. The van der Waals surface area contributed by atoms with Gasteiger partial charge in [0.1, 0.15) is 0 Å². The quantitative estimate of drug-likeness (QED) is 0.290. The van der Waals surface area contributed by atoms with Crippen molar-refractivity contribution < 1.29 is 26.1 Å². The van der Waals surface area contributed by atoms with Gasteiger partial charge in [-0.15, -0.1) is 0 Å². The van der Waals surface area contributed by atoms with Crippen LogP contribution in [0.5, 0.6) is 0 Å². The molecule has 0 aliphatic carbocycles. The molecule has 3 aromatic carbocycles. The Balaban J connectivity index is 0.000000279. The number of benzene rings is 3. The van der Waals surface area contributed by atoms with E-state index in [0.717, 1.165) is 0 Å². The van der Waals surface area contributed by atoms with Gasteiger partial charge in [-0.25, -0.2) is 0 Å². The number of hydrogen-bond donors (Lipinski definition) is 1. The van der Waals surface area contributed by atoms with Gasteiger partial charge in [-0.2, -0.15) is 21.6 Å². The number of hydrogen-bond acceptors (Lipinski definition) is 2. The van der Waals surface area contributed by atoms with Gasteiger partial charge in [0.15, 0.2) is 0 Å². The third kappa shape index (κ3) is 6.41. The molecule has 3 rings (SSSR count). The van der Waals surface area contributed by atoms with Crippen LogP contribution in [0.4, 0.5) is 13.2 Å². The van der Waals surface area contributed by atoms with E-state index in [1.54, 1.807) is 0 Å². The molecule has 0 aliphatic rings. The maximum atomic E-state index is 10.7. The van der Waals surface area contributed by atoms with Gasteiger partial charge in [-0.3, -0.25) is 4.55 Å². The molecule has 0 aromatic heterocycles. The van der Waals surface area contributed by atoms with Gasteiger partial charge in [0.05, 0.1) is 0 Å². The summed E-state index contributed by atoms with van der Waals surface area (Å²) in [5, 5.41) is 0. The van der Waals surface area contributed by atoms with Gasteiger partial charge in [-0.05, 0) is 0 Å². The summed E-state index contributed by atoms with van der Waals surface area (Å²) in [5.41, 5.74) is -5.53. The van der Waals surface area contributed by atoms with Gasteiger partial charge in [0, 0.05) is 0 Å². The summed E-state index contributed by atoms with van der Waals surface area (Å²) in [5.74, 6) is 0. The van der Waals surface area contributed by atoms with Crippen molar-refractivity contribution in [2.24, 2.45) is 0 Å². The van der Waals surface area contributed by atoms with Gasteiger partial charge in [0.2, 0.25) is 0 Å². The van der Waals surface area contributed by atoms with Crippen LogP contribution in [0.1, 0.15) is 0 Å². The van der Waals surface area contributed by atoms with Crippen LogP contribution in [-0.2, 0) is 10.1 Å². The maximum absolute atomic E-state index is 10.7. The molecule has 0 amide bonds. The number of rotatable bonds is 3. The van der Waals surface area contributed by atoms with E-state index in [4.69, 9.17) is 13.0 Å². The molecule has 142 valence electrons. The van der Waals surface area contributed by atoms with Crippen LogP contribution in [0.25, 0.3) is 0 Å². The molecule has 3 nitrogen and oxygen atoms in total. The summed E-state index contributed by atoms with van der Waals surface area (Å²) in [7, 11) is -5.84. The summed E-state index contributed by atoms with van der Waals surface area (Å²) >= 11 is -2.06. The topological polar surface area (TPSA) is 54.4 Å². The number of halogens is 3. The predicted molar refractivity (Wildman–Crippen MR) is 102 cm³/mol. The normalized spacial score (nSPS) is 11.6. The molecule has 0 unspecified atom stereocenters. The Morgan fingerprint density at radius 2 is 0.852 bits per heavy atom. The molecule has 0 heterocycles. The van der Waals surface area contributed by atoms with Crippen molar-refractivity contribution in [2.45, 2.75) is 5.51 Å². The van der Waals surface area contributed by atoms with Crippen molar-refractivity contribution in [1.29, 1.82) is 0 Å². The average Bonchev–Trinajstić information content (AvgIpc) is 2.64. The van der Waals surface area contributed by atoms with Crippen molar-refractivity contribution in [1.82, 2.24) is 0 Å². The van der Waals surface area contributed by atoms with E-state index >= 15 is 0 Å². The molecule has 27 heavy (non-hydrogen) atoms. The van der Waals surface area contributed by atoms with E-state index < -0.39 is 37.4 Å². The third-order valence-electron chi connectivity index (χ3n) is 3.34. The SMILES string of the molecule is O=S(=O)(O)C(F)(F)F.c1cc[c]([Bi]([c]2ccccc2)[c]2ccccc2)cc1. The Morgan fingerprint density at radius 3 is 1.04 bits per heavy atom. The van der Waals surface area contributed by atoms with Crippen LogP contribution < -0.4 is 9.81 Å². The Hall–Kier alpha value is -1.76. The Bertz CT molecular complexity index is 838. The zero-order chi connectivity index (χ0) is 19.9. The first-order valence-electron chi connectivity index (χ1n) is 7.69. The monoisotopic (exact) mass is 590 g/mol.